The van der Waals surface area contributed by atoms with Crippen molar-refractivity contribution in [2.24, 2.45) is 0 Å². The molecule has 0 spiro atoms. The van der Waals surface area contributed by atoms with Crippen LogP contribution in [-0.2, 0) is 10.0 Å². The van der Waals surface area contributed by atoms with Crippen molar-refractivity contribution >= 4 is 33.0 Å². The normalized spacial score (nSPS) is 11.4. The van der Waals surface area contributed by atoms with Crippen LogP contribution in [0.4, 0.5) is 24.5 Å². The van der Waals surface area contributed by atoms with Gasteiger partial charge in [-0.2, -0.15) is 0 Å². The van der Waals surface area contributed by atoms with E-state index in [1.807, 2.05) is 4.72 Å². The van der Waals surface area contributed by atoms with E-state index in [0.29, 0.717) is 12.1 Å². The first-order valence-electron chi connectivity index (χ1n) is 5.43. The molecule has 0 saturated carbocycles. The summed E-state index contributed by atoms with van der Waals surface area (Å²) in [6.07, 6.45) is 0. The predicted molar refractivity (Wildman–Crippen MR) is 73.0 cm³/mol. The molecule has 3 N–H and O–H groups in total. The molecule has 0 unspecified atom stereocenters. The zero-order chi connectivity index (χ0) is 15.8. The fourth-order valence-electron chi connectivity index (χ4n) is 1.50. The van der Waals surface area contributed by atoms with E-state index in [-0.39, 0.29) is 15.6 Å². The highest BCUT2D eigenvalue weighted by molar-refractivity contribution is 7.92. The van der Waals surface area contributed by atoms with Gasteiger partial charge in [-0.1, -0.05) is 11.6 Å². The van der Waals surface area contributed by atoms with Crippen molar-refractivity contribution < 1.29 is 21.6 Å². The molecule has 0 fully saturated rings. The van der Waals surface area contributed by atoms with E-state index in [1.54, 1.807) is 0 Å². The zero-order valence-corrected chi connectivity index (χ0v) is 11.8. The first-order valence-corrected chi connectivity index (χ1v) is 7.29. The molecule has 4 nitrogen and oxygen atoms in total. The Morgan fingerprint density at radius 1 is 1.05 bits per heavy atom. The molecule has 112 valence electrons. The lowest BCUT2D eigenvalue weighted by Crippen LogP contribution is -2.13. The van der Waals surface area contributed by atoms with E-state index in [4.69, 9.17) is 17.3 Å². The molecule has 0 atom stereocenters. The Morgan fingerprint density at radius 2 is 1.62 bits per heavy atom. The van der Waals surface area contributed by atoms with E-state index < -0.39 is 33.2 Å². The average Bonchev–Trinajstić information content (AvgIpc) is 2.38. The van der Waals surface area contributed by atoms with Gasteiger partial charge >= 0.3 is 0 Å². The average molecular weight is 337 g/mol. The van der Waals surface area contributed by atoms with Crippen LogP contribution in [0.25, 0.3) is 0 Å². The molecule has 0 aliphatic rings. The second-order valence-corrected chi connectivity index (χ2v) is 6.13. The maximum atomic E-state index is 13.0. The first-order chi connectivity index (χ1) is 9.70. The number of sulfonamides is 1. The quantitative estimate of drug-likeness (QED) is 0.668. The summed E-state index contributed by atoms with van der Waals surface area (Å²) in [5, 5.41) is 0.00865. The molecular formula is C12H8ClF3N2O2S. The van der Waals surface area contributed by atoms with Gasteiger partial charge in [-0.25, -0.2) is 21.6 Å². The third-order valence-electron chi connectivity index (χ3n) is 2.52. The van der Waals surface area contributed by atoms with E-state index in [2.05, 4.69) is 0 Å². The molecular weight excluding hydrogens is 329 g/mol. The number of halogens is 4. The second kappa shape index (κ2) is 5.45. The van der Waals surface area contributed by atoms with Gasteiger partial charge in [-0.05, 0) is 18.2 Å². The van der Waals surface area contributed by atoms with Crippen molar-refractivity contribution in [2.75, 3.05) is 10.5 Å². The van der Waals surface area contributed by atoms with Gasteiger partial charge in [0, 0.05) is 12.1 Å². The largest absolute Gasteiger partial charge is 0.398 e. The van der Waals surface area contributed by atoms with Gasteiger partial charge in [-0.3, -0.25) is 4.72 Å². The highest BCUT2D eigenvalue weighted by Gasteiger charge is 2.18. The van der Waals surface area contributed by atoms with E-state index in [9.17, 15) is 21.6 Å². The smallest absolute Gasteiger partial charge is 0.261 e. The Balaban J connectivity index is 2.39. The summed E-state index contributed by atoms with van der Waals surface area (Å²) in [5.74, 6) is -4.71. The summed E-state index contributed by atoms with van der Waals surface area (Å²) >= 11 is 5.71. The van der Waals surface area contributed by atoms with Crippen LogP contribution < -0.4 is 10.5 Å². The highest BCUT2D eigenvalue weighted by atomic mass is 35.5. The Hall–Kier alpha value is -1.93. The third kappa shape index (κ3) is 3.22. The van der Waals surface area contributed by atoms with Crippen LogP contribution in [0.15, 0.2) is 35.2 Å². The monoisotopic (exact) mass is 336 g/mol. The summed E-state index contributed by atoms with van der Waals surface area (Å²) in [6.45, 7) is 0. The fraction of sp³-hybridized carbons (Fsp3) is 0. The van der Waals surface area contributed by atoms with E-state index >= 15 is 0 Å². The minimum Gasteiger partial charge on any atom is -0.398 e. The standard InChI is InChI=1S/C12H8ClF3N2O2S/c13-8-5-7(1-2-11(8)17)21(19,20)18-6-3-9(14)12(16)10(15)4-6/h1-5,18H,17H2. The lowest BCUT2D eigenvalue weighted by molar-refractivity contribution is 0.448. The minimum atomic E-state index is -4.14. The number of hydrogen-bond donors (Lipinski definition) is 2. The Kier molecular flexibility index (Phi) is 4.02. The molecule has 0 bridgehead atoms. The number of nitrogens with two attached hydrogens (primary N) is 1. The van der Waals surface area contributed by atoms with Gasteiger partial charge in [0.05, 0.1) is 21.3 Å². The number of hydrogen-bond acceptors (Lipinski definition) is 3. The maximum absolute atomic E-state index is 13.0. The summed E-state index contributed by atoms with van der Waals surface area (Å²) < 4.78 is 64.9. The van der Waals surface area contributed by atoms with Crippen LogP contribution in [-0.4, -0.2) is 8.42 Å². The summed E-state index contributed by atoms with van der Waals surface area (Å²) in [6, 6.07) is 4.56. The topological polar surface area (TPSA) is 72.2 Å². The molecule has 2 aromatic carbocycles. The second-order valence-electron chi connectivity index (χ2n) is 4.04. The van der Waals surface area contributed by atoms with E-state index in [0.717, 1.165) is 6.07 Å². The number of nitrogen functional groups attached to an aromatic ring is 1. The van der Waals surface area contributed by atoms with E-state index in [1.165, 1.54) is 12.1 Å². The number of nitrogens with one attached hydrogen (secondary N) is 1. The molecule has 0 radical (unpaired) electrons. The Morgan fingerprint density at radius 3 is 2.14 bits per heavy atom. The van der Waals surface area contributed by atoms with Crippen LogP contribution in [0.2, 0.25) is 5.02 Å². The van der Waals surface area contributed by atoms with Crippen LogP contribution in [0.1, 0.15) is 0 Å². The molecule has 0 amide bonds. The predicted octanol–water partition coefficient (Wildman–Crippen LogP) is 3.14. The Labute approximate surface area is 123 Å². The molecule has 0 heterocycles. The lowest BCUT2D eigenvalue weighted by Gasteiger charge is -2.09. The highest BCUT2D eigenvalue weighted by Crippen LogP contribution is 2.25. The zero-order valence-electron chi connectivity index (χ0n) is 10.2. The molecule has 21 heavy (non-hydrogen) atoms. The molecule has 2 rings (SSSR count). The molecule has 0 saturated heterocycles. The summed E-state index contributed by atoms with van der Waals surface area (Å²) in [4.78, 5) is -0.258. The molecule has 0 aromatic heterocycles. The number of anilines is 2. The van der Waals surface area contributed by atoms with Gasteiger partial charge < -0.3 is 5.73 Å². The van der Waals surface area contributed by atoms with Crippen LogP contribution in [0.5, 0.6) is 0 Å². The maximum Gasteiger partial charge on any atom is 0.261 e. The van der Waals surface area contributed by atoms with Gasteiger partial charge in [0.15, 0.2) is 17.5 Å². The van der Waals surface area contributed by atoms with Crippen LogP contribution >= 0.6 is 11.6 Å². The van der Waals surface area contributed by atoms with Crippen LogP contribution in [0, 0.1) is 17.5 Å². The summed E-state index contributed by atoms with van der Waals surface area (Å²) in [5.41, 5.74) is 5.17. The van der Waals surface area contributed by atoms with Crippen molar-refractivity contribution in [3.63, 3.8) is 0 Å². The van der Waals surface area contributed by atoms with Crippen molar-refractivity contribution in [2.45, 2.75) is 4.90 Å². The van der Waals surface area contributed by atoms with Gasteiger partial charge in [0.1, 0.15) is 0 Å². The molecule has 2 aromatic rings. The van der Waals surface area contributed by atoms with Gasteiger partial charge in [-0.15, -0.1) is 0 Å². The number of rotatable bonds is 3. The molecule has 0 aliphatic heterocycles. The number of benzene rings is 2. The van der Waals surface area contributed by atoms with Crippen molar-refractivity contribution in [1.82, 2.24) is 0 Å². The lowest BCUT2D eigenvalue weighted by atomic mass is 10.3. The van der Waals surface area contributed by atoms with Crippen LogP contribution in [0.3, 0.4) is 0 Å². The van der Waals surface area contributed by atoms with Crippen molar-refractivity contribution in [1.29, 1.82) is 0 Å². The molecule has 9 heteroatoms. The fourth-order valence-corrected chi connectivity index (χ4v) is 2.81. The van der Waals surface area contributed by atoms with Crippen molar-refractivity contribution in [3.8, 4) is 0 Å². The first kappa shape index (κ1) is 15.5. The van der Waals surface area contributed by atoms with Crippen molar-refractivity contribution in [3.05, 3.63) is 52.8 Å². The van der Waals surface area contributed by atoms with Gasteiger partial charge in [0.2, 0.25) is 0 Å². The Bertz CT molecular complexity index is 789. The minimum absolute atomic E-state index is 0.00865. The molecule has 0 aliphatic carbocycles. The third-order valence-corrected chi connectivity index (χ3v) is 4.22. The summed E-state index contributed by atoms with van der Waals surface area (Å²) in [7, 11) is -4.14. The SMILES string of the molecule is Nc1ccc(S(=O)(=O)Nc2cc(F)c(F)c(F)c2)cc1Cl. The van der Waals surface area contributed by atoms with Gasteiger partial charge in [0.25, 0.3) is 10.0 Å².